The lowest BCUT2D eigenvalue weighted by atomic mass is 9.86. The number of carbonyl (C=O) groups excluding carboxylic acids is 2. The van der Waals surface area contributed by atoms with Gasteiger partial charge in [0.1, 0.15) is 12.3 Å². The number of anilines is 2. The second-order valence-electron chi connectivity index (χ2n) is 8.31. The van der Waals surface area contributed by atoms with Crippen LogP contribution < -0.4 is 19.7 Å². The Labute approximate surface area is 188 Å². The van der Waals surface area contributed by atoms with E-state index in [0.29, 0.717) is 17.4 Å². The first kappa shape index (κ1) is 22.1. The molecule has 0 radical (unpaired) electrons. The fourth-order valence-electron chi connectivity index (χ4n) is 4.17. The second-order valence-corrected chi connectivity index (χ2v) is 9.99. The van der Waals surface area contributed by atoms with Crippen LogP contribution in [-0.4, -0.2) is 39.4 Å². The van der Waals surface area contributed by atoms with Crippen LogP contribution >= 0.6 is 0 Å². The monoisotopic (exact) mass is 457 g/mol. The molecule has 170 valence electrons. The molecular formula is C23H27N3O5S. The summed E-state index contributed by atoms with van der Waals surface area (Å²) in [7, 11) is -3.89. The van der Waals surface area contributed by atoms with Gasteiger partial charge >= 0.3 is 0 Å². The summed E-state index contributed by atoms with van der Waals surface area (Å²) in [4.78, 5) is 26.6. The van der Waals surface area contributed by atoms with E-state index in [9.17, 15) is 18.0 Å². The number of fused-ring (bicyclic) bond motifs is 1. The third-order valence-corrected chi connectivity index (χ3v) is 7.35. The molecule has 1 aliphatic heterocycles. The minimum Gasteiger partial charge on any atom is -0.482 e. The van der Waals surface area contributed by atoms with Crippen LogP contribution in [0.15, 0.2) is 53.4 Å². The molecule has 0 bridgehead atoms. The first-order valence-corrected chi connectivity index (χ1v) is 12.3. The lowest BCUT2D eigenvalue weighted by Crippen LogP contribution is -2.49. The van der Waals surface area contributed by atoms with Gasteiger partial charge in [-0.05, 0) is 49.1 Å². The highest BCUT2D eigenvalue weighted by Crippen LogP contribution is 2.34. The molecule has 1 aliphatic carbocycles. The van der Waals surface area contributed by atoms with Crippen LogP contribution in [-0.2, 0) is 19.6 Å². The van der Waals surface area contributed by atoms with Crippen LogP contribution in [0.5, 0.6) is 5.75 Å². The highest BCUT2D eigenvalue weighted by molar-refractivity contribution is 7.92. The number of hydrogen-bond donors (Lipinski definition) is 2. The van der Waals surface area contributed by atoms with Crippen LogP contribution in [0.25, 0.3) is 0 Å². The molecule has 0 unspecified atom stereocenters. The first-order valence-electron chi connectivity index (χ1n) is 10.8. The Balaban J connectivity index is 1.55. The largest absolute Gasteiger partial charge is 0.482 e. The Hall–Kier alpha value is -3.07. The van der Waals surface area contributed by atoms with E-state index in [1.54, 1.807) is 30.3 Å². The normalized spacial score (nSPS) is 20.8. The molecular weight excluding hydrogens is 430 g/mol. The van der Waals surface area contributed by atoms with E-state index in [1.807, 2.05) is 0 Å². The Kier molecular flexibility index (Phi) is 6.36. The summed E-state index contributed by atoms with van der Waals surface area (Å²) in [5.41, 5.74) is 0.694. The third-order valence-electron chi connectivity index (χ3n) is 5.97. The highest BCUT2D eigenvalue weighted by atomic mass is 32.2. The molecule has 0 spiro atoms. The molecule has 1 fully saturated rings. The lowest BCUT2D eigenvalue weighted by molar-refractivity contribution is -0.126. The smallest absolute Gasteiger partial charge is 0.265 e. The molecule has 2 atom stereocenters. The van der Waals surface area contributed by atoms with Crippen LogP contribution in [0, 0.1) is 5.92 Å². The predicted molar refractivity (Wildman–Crippen MR) is 121 cm³/mol. The summed E-state index contributed by atoms with van der Waals surface area (Å²) in [5.74, 6) is 0.0961. The van der Waals surface area contributed by atoms with E-state index >= 15 is 0 Å². The number of nitrogens with zero attached hydrogens (tertiary/aromatic N) is 1. The van der Waals surface area contributed by atoms with Crippen molar-refractivity contribution in [3.8, 4) is 5.75 Å². The van der Waals surface area contributed by atoms with Crippen LogP contribution in [0.2, 0.25) is 0 Å². The van der Waals surface area contributed by atoms with E-state index in [2.05, 4.69) is 17.0 Å². The number of rotatable bonds is 6. The second kappa shape index (κ2) is 9.20. The zero-order valence-electron chi connectivity index (χ0n) is 17.9. The van der Waals surface area contributed by atoms with Gasteiger partial charge in [0, 0.05) is 11.7 Å². The molecule has 2 aromatic carbocycles. The maximum atomic E-state index is 12.9. The lowest BCUT2D eigenvalue weighted by Gasteiger charge is -2.32. The van der Waals surface area contributed by atoms with Gasteiger partial charge in [0.25, 0.3) is 15.9 Å². The van der Waals surface area contributed by atoms with Gasteiger partial charge in [-0.3, -0.25) is 19.2 Å². The van der Waals surface area contributed by atoms with Crippen molar-refractivity contribution in [1.82, 2.24) is 5.32 Å². The molecule has 4 rings (SSSR count). The topological polar surface area (TPSA) is 105 Å². The molecule has 0 saturated heterocycles. The molecule has 9 heteroatoms. The minimum atomic E-state index is -3.89. The van der Waals surface area contributed by atoms with E-state index in [1.165, 1.54) is 23.1 Å². The van der Waals surface area contributed by atoms with E-state index in [-0.39, 0.29) is 35.7 Å². The molecule has 1 saturated carbocycles. The average Bonchev–Trinajstić information content (AvgIpc) is 2.77. The van der Waals surface area contributed by atoms with Gasteiger partial charge in [0.2, 0.25) is 5.91 Å². The molecule has 2 aromatic rings. The quantitative estimate of drug-likeness (QED) is 0.694. The van der Waals surface area contributed by atoms with Crippen molar-refractivity contribution in [3.63, 3.8) is 0 Å². The number of benzene rings is 2. The Morgan fingerprint density at radius 1 is 1.12 bits per heavy atom. The fraction of sp³-hybridized carbons (Fsp3) is 0.391. The molecule has 2 amide bonds. The van der Waals surface area contributed by atoms with Crippen molar-refractivity contribution in [2.24, 2.45) is 5.92 Å². The first-order chi connectivity index (χ1) is 15.3. The molecule has 1 heterocycles. The summed E-state index contributed by atoms with van der Waals surface area (Å²) in [6.45, 7) is 1.73. The number of amides is 2. The standard InChI is InChI=1S/C23H27N3O5S/c1-16-7-5-6-10-19(16)24-22(27)14-26-20-13-18(11-12-21(20)31-15-23(26)28)32(29,30)25-17-8-3-2-4-9-17/h2-4,8-9,11-13,16,19,25H,5-7,10,14-15H2,1H3,(H,24,27)/t16-,19-/m0/s1. The van der Waals surface area contributed by atoms with Crippen molar-refractivity contribution in [1.29, 1.82) is 0 Å². The van der Waals surface area contributed by atoms with Gasteiger partial charge in [-0.1, -0.05) is 38.0 Å². The van der Waals surface area contributed by atoms with E-state index in [0.717, 1.165) is 25.7 Å². The molecule has 32 heavy (non-hydrogen) atoms. The fourth-order valence-corrected chi connectivity index (χ4v) is 5.25. The number of sulfonamides is 1. The summed E-state index contributed by atoms with van der Waals surface area (Å²) in [6.07, 6.45) is 4.23. The third kappa shape index (κ3) is 4.88. The van der Waals surface area contributed by atoms with Gasteiger partial charge in [0.15, 0.2) is 6.61 Å². The van der Waals surface area contributed by atoms with Crippen LogP contribution in [0.1, 0.15) is 32.6 Å². The molecule has 0 aromatic heterocycles. The Bertz CT molecular complexity index is 1100. The van der Waals surface area contributed by atoms with E-state index < -0.39 is 15.9 Å². The summed E-state index contributed by atoms with van der Waals surface area (Å²) in [6, 6.07) is 12.9. The number of carbonyl (C=O) groups is 2. The zero-order chi connectivity index (χ0) is 22.7. The molecule has 2 aliphatic rings. The Morgan fingerprint density at radius 3 is 2.62 bits per heavy atom. The van der Waals surface area contributed by atoms with Gasteiger partial charge in [-0.25, -0.2) is 8.42 Å². The van der Waals surface area contributed by atoms with E-state index in [4.69, 9.17) is 4.74 Å². The van der Waals surface area contributed by atoms with Gasteiger partial charge in [-0.15, -0.1) is 0 Å². The van der Waals surface area contributed by atoms with Crippen LogP contribution in [0.4, 0.5) is 11.4 Å². The maximum Gasteiger partial charge on any atom is 0.265 e. The van der Waals surface area contributed by atoms with Crippen molar-refractivity contribution in [2.75, 3.05) is 22.8 Å². The average molecular weight is 458 g/mol. The maximum absolute atomic E-state index is 12.9. The van der Waals surface area contributed by atoms with Gasteiger partial charge in [0.05, 0.1) is 10.6 Å². The highest BCUT2D eigenvalue weighted by Gasteiger charge is 2.31. The van der Waals surface area contributed by atoms with Crippen molar-refractivity contribution < 1.29 is 22.7 Å². The van der Waals surface area contributed by atoms with Crippen molar-refractivity contribution in [3.05, 3.63) is 48.5 Å². The molecule has 2 N–H and O–H groups in total. The predicted octanol–water partition coefficient (Wildman–Crippen LogP) is 2.91. The summed E-state index contributed by atoms with van der Waals surface area (Å²) >= 11 is 0. The number of nitrogens with one attached hydrogen (secondary N) is 2. The van der Waals surface area contributed by atoms with Gasteiger partial charge in [-0.2, -0.15) is 0 Å². The number of hydrogen-bond acceptors (Lipinski definition) is 5. The summed E-state index contributed by atoms with van der Waals surface area (Å²) < 4.78 is 33.7. The SMILES string of the molecule is C[C@H]1CCCC[C@@H]1NC(=O)CN1C(=O)COc2ccc(S(=O)(=O)Nc3ccccc3)cc21. The van der Waals surface area contributed by atoms with Gasteiger partial charge < -0.3 is 10.1 Å². The number of ether oxygens (including phenoxy) is 1. The van der Waals surface area contributed by atoms with Crippen molar-refractivity contribution >= 4 is 33.2 Å². The van der Waals surface area contributed by atoms with Crippen LogP contribution in [0.3, 0.4) is 0 Å². The molecule has 8 nitrogen and oxygen atoms in total. The van der Waals surface area contributed by atoms with Crippen molar-refractivity contribution in [2.45, 2.75) is 43.5 Å². The zero-order valence-corrected chi connectivity index (χ0v) is 18.7. The summed E-state index contributed by atoms with van der Waals surface area (Å²) in [5, 5.41) is 3.04. The minimum absolute atomic E-state index is 0.0234. The number of para-hydroxylation sites is 1. The Morgan fingerprint density at radius 2 is 1.88 bits per heavy atom.